The molecule has 32 heavy (non-hydrogen) atoms. The molecule has 2 atom stereocenters. The van der Waals surface area contributed by atoms with Gasteiger partial charge < -0.3 is 15.8 Å². The first-order valence-electron chi connectivity index (χ1n) is 10.4. The first-order valence-corrected chi connectivity index (χ1v) is 11.9. The third-order valence-corrected chi connectivity index (χ3v) is 6.89. The lowest BCUT2D eigenvalue weighted by Crippen LogP contribution is -2.35. The van der Waals surface area contributed by atoms with Crippen LogP contribution in [0.1, 0.15) is 30.5 Å². The number of sulfonamides is 1. The van der Waals surface area contributed by atoms with Crippen molar-refractivity contribution in [3.8, 4) is 5.75 Å². The van der Waals surface area contributed by atoms with Crippen LogP contribution in [0, 0.1) is 0 Å². The van der Waals surface area contributed by atoms with Gasteiger partial charge >= 0.3 is 0 Å². The second-order valence-corrected chi connectivity index (χ2v) is 9.50. The summed E-state index contributed by atoms with van der Waals surface area (Å²) in [7, 11) is -3.70. The Balaban J connectivity index is 0.00000289. The number of nitrogen functional groups attached to an aromatic ring is 1. The summed E-state index contributed by atoms with van der Waals surface area (Å²) in [5, 5.41) is 3.53. The highest BCUT2D eigenvalue weighted by molar-refractivity contribution is 7.92. The number of nitrogens with two attached hydrogens (primary N) is 1. The maximum Gasteiger partial charge on any atom is 0.261 e. The normalized spacial score (nSPS) is 16.2. The lowest BCUT2D eigenvalue weighted by molar-refractivity contribution is 0.167. The van der Waals surface area contributed by atoms with Gasteiger partial charge in [-0.1, -0.05) is 36.4 Å². The fourth-order valence-electron chi connectivity index (χ4n) is 3.66. The standard InChI is InChI=1S/C24H27N3O3S.ClH/c1-17(18-5-3-2-4-6-18)26-16-22-12-8-19-7-11-21(15-24(19)30-22)27-31(28,29)23-13-9-20(25)10-14-23;/h2-7,9-11,13-15,17,22,26-27H,8,12,16,25H2,1H3;1H/t17-,22-;/m1./s1. The van der Waals surface area contributed by atoms with Crippen molar-refractivity contribution >= 4 is 33.8 Å². The molecule has 4 rings (SSSR count). The Morgan fingerprint density at radius 2 is 1.78 bits per heavy atom. The van der Waals surface area contributed by atoms with Crippen molar-refractivity contribution in [2.24, 2.45) is 0 Å². The van der Waals surface area contributed by atoms with Gasteiger partial charge in [-0.25, -0.2) is 8.42 Å². The summed E-state index contributed by atoms with van der Waals surface area (Å²) < 4.78 is 34.1. The number of nitrogens with one attached hydrogen (secondary N) is 2. The highest BCUT2D eigenvalue weighted by Crippen LogP contribution is 2.31. The number of aryl methyl sites for hydroxylation is 1. The van der Waals surface area contributed by atoms with Crippen LogP contribution in [0.2, 0.25) is 0 Å². The number of hydrogen-bond acceptors (Lipinski definition) is 5. The Labute approximate surface area is 195 Å². The van der Waals surface area contributed by atoms with Crippen molar-refractivity contribution in [2.45, 2.75) is 36.8 Å². The summed E-state index contributed by atoms with van der Waals surface area (Å²) in [6, 6.07) is 22.1. The molecule has 0 saturated heterocycles. The van der Waals surface area contributed by atoms with Gasteiger partial charge in [-0.15, -0.1) is 12.4 Å². The minimum atomic E-state index is -3.70. The zero-order chi connectivity index (χ0) is 21.8. The molecule has 3 aromatic carbocycles. The van der Waals surface area contributed by atoms with E-state index in [0.717, 1.165) is 30.7 Å². The summed E-state index contributed by atoms with van der Waals surface area (Å²) in [6.45, 7) is 2.85. The first-order chi connectivity index (χ1) is 14.9. The highest BCUT2D eigenvalue weighted by Gasteiger charge is 2.22. The van der Waals surface area contributed by atoms with E-state index in [2.05, 4.69) is 29.1 Å². The van der Waals surface area contributed by atoms with Crippen molar-refractivity contribution in [1.29, 1.82) is 0 Å². The van der Waals surface area contributed by atoms with Gasteiger partial charge in [0.1, 0.15) is 11.9 Å². The maximum atomic E-state index is 12.7. The van der Waals surface area contributed by atoms with Crippen molar-refractivity contribution in [3.63, 3.8) is 0 Å². The second kappa shape index (κ2) is 10.3. The lowest BCUT2D eigenvalue weighted by Gasteiger charge is -2.28. The Bertz CT molecular complexity index is 1140. The average molecular weight is 474 g/mol. The topological polar surface area (TPSA) is 93.5 Å². The van der Waals surface area contributed by atoms with Crippen LogP contribution in [-0.4, -0.2) is 21.1 Å². The van der Waals surface area contributed by atoms with Crippen LogP contribution in [0.15, 0.2) is 77.7 Å². The molecule has 3 aromatic rings. The van der Waals surface area contributed by atoms with E-state index in [1.807, 2.05) is 24.3 Å². The van der Waals surface area contributed by atoms with Crippen LogP contribution in [0.5, 0.6) is 5.75 Å². The van der Waals surface area contributed by atoms with Gasteiger partial charge in [0.25, 0.3) is 10.0 Å². The molecule has 4 N–H and O–H groups in total. The Kier molecular flexibility index (Phi) is 7.66. The fourth-order valence-corrected chi connectivity index (χ4v) is 4.71. The molecule has 8 heteroatoms. The quantitative estimate of drug-likeness (QED) is 0.438. The molecule has 6 nitrogen and oxygen atoms in total. The number of hydrogen-bond donors (Lipinski definition) is 3. The van der Waals surface area contributed by atoms with Crippen LogP contribution in [0.3, 0.4) is 0 Å². The molecule has 0 spiro atoms. The SMILES string of the molecule is C[C@@H](NC[C@H]1CCc2ccc(NS(=O)(=O)c3ccc(N)cc3)cc2O1)c1ccccc1.Cl. The minimum Gasteiger partial charge on any atom is -0.489 e. The van der Waals surface area contributed by atoms with E-state index in [4.69, 9.17) is 10.5 Å². The van der Waals surface area contributed by atoms with Crippen molar-refractivity contribution in [3.05, 3.63) is 83.9 Å². The average Bonchev–Trinajstić information content (AvgIpc) is 2.78. The summed E-state index contributed by atoms with van der Waals surface area (Å²) >= 11 is 0. The predicted octanol–water partition coefficient (Wildman–Crippen LogP) is 4.54. The van der Waals surface area contributed by atoms with Gasteiger partial charge in [0.05, 0.1) is 10.6 Å². The minimum absolute atomic E-state index is 0. The molecule has 0 aliphatic carbocycles. The van der Waals surface area contributed by atoms with E-state index in [-0.39, 0.29) is 29.4 Å². The van der Waals surface area contributed by atoms with Crippen LogP contribution < -0.4 is 20.5 Å². The molecule has 0 radical (unpaired) electrons. The summed E-state index contributed by atoms with van der Waals surface area (Å²) in [5.41, 5.74) is 8.96. The number of ether oxygens (including phenoxy) is 1. The molecule has 0 fully saturated rings. The van der Waals surface area contributed by atoms with Gasteiger partial charge in [-0.2, -0.15) is 0 Å². The summed E-state index contributed by atoms with van der Waals surface area (Å²) in [4.78, 5) is 0.164. The smallest absolute Gasteiger partial charge is 0.261 e. The highest BCUT2D eigenvalue weighted by atomic mass is 35.5. The van der Waals surface area contributed by atoms with Gasteiger partial charge in [0.15, 0.2) is 0 Å². The number of halogens is 1. The lowest BCUT2D eigenvalue weighted by atomic mass is 10.0. The maximum absolute atomic E-state index is 12.7. The van der Waals surface area contributed by atoms with E-state index < -0.39 is 10.0 Å². The molecule has 0 saturated carbocycles. The van der Waals surface area contributed by atoms with E-state index in [0.29, 0.717) is 11.4 Å². The van der Waals surface area contributed by atoms with Crippen molar-refractivity contribution in [1.82, 2.24) is 5.32 Å². The second-order valence-electron chi connectivity index (χ2n) is 7.82. The van der Waals surface area contributed by atoms with E-state index >= 15 is 0 Å². The fraction of sp³-hybridized carbons (Fsp3) is 0.250. The predicted molar refractivity (Wildman–Crippen MR) is 131 cm³/mol. The zero-order valence-electron chi connectivity index (χ0n) is 17.8. The van der Waals surface area contributed by atoms with Gasteiger partial charge in [0.2, 0.25) is 0 Å². The van der Waals surface area contributed by atoms with Gasteiger partial charge in [-0.3, -0.25) is 4.72 Å². The molecule has 0 bridgehead atoms. The molecular formula is C24H28ClN3O3S. The van der Waals surface area contributed by atoms with Gasteiger partial charge in [-0.05, 0) is 61.2 Å². The Morgan fingerprint density at radius 3 is 2.50 bits per heavy atom. The van der Waals surface area contributed by atoms with Crippen LogP contribution in [0.4, 0.5) is 11.4 Å². The molecule has 1 aliphatic heterocycles. The van der Waals surface area contributed by atoms with E-state index in [9.17, 15) is 8.42 Å². The molecule has 0 aromatic heterocycles. The third-order valence-electron chi connectivity index (χ3n) is 5.49. The summed E-state index contributed by atoms with van der Waals surface area (Å²) in [5.74, 6) is 0.725. The molecule has 0 unspecified atom stereocenters. The van der Waals surface area contributed by atoms with Crippen LogP contribution in [0.25, 0.3) is 0 Å². The van der Waals surface area contributed by atoms with Crippen LogP contribution in [-0.2, 0) is 16.4 Å². The van der Waals surface area contributed by atoms with Crippen molar-refractivity contribution < 1.29 is 13.2 Å². The van der Waals surface area contributed by atoms with Crippen LogP contribution >= 0.6 is 12.4 Å². The van der Waals surface area contributed by atoms with E-state index in [1.54, 1.807) is 24.3 Å². The summed E-state index contributed by atoms with van der Waals surface area (Å²) in [6.07, 6.45) is 1.84. The number of fused-ring (bicyclic) bond motifs is 1. The Morgan fingerprint density at radius 1 is 1.06 bits per heavy atom. The number of rotatable bonds is 7. The van der Waals surface area contributed by atoms with Crippen molar-refractivity contribution in [2.75, 3.05) is 17.0 Å². The molecule has 1 aliphatic rings. The number of benzene rings is 3. The first kappa shape index (κ1) is 23.9. The third kappa shape index (κ3) is 5.73. The monoisotopic (exact) mass is 473 g/mol. The van der Waals surface area contributed by atoms with Gasteiger partial charge in [0, 0.05) is 24.3 Å². The molecule has 0 amide bonds. The molecule has 170 valence electrons. The molecule has 1 heterocycles. The van der Waals surface area contributed by atoms with E-state index in [1.165, 1.54) is 17.7 Å². The Hall–Kier alpha value is -2.74. The molecular weight excluding hydrogens is 446 g/mol. The largest absolute Gasteiger partial charge is 0.489 e. The number of anilines is 2. The zero-order valence-corrected chi connectivity index (χ0v) is 19.5.